The van der Waals surface area contributed by atoms with E-state index in [0.717, 1.165) is 12.3 Å². The molecule has 0 unspecified atom stereocenters. The van der Waals surface area contributed by atoms with Crippen LogP contribution in [0.25, 0.3) is 11.1 Å². The molecule has 0 spiro atoms. The second-order valence-electron chi connectivity index (χ2n) is 11.0. The first-order valence-corrected chi connectivity index (χ1v) is 11.0. The minimum absolute atomic E-state index is 0.197. The molecule has 1 saturated carbocycles. The van der Waals surface area contributed by atoms with E-state index in [1.807, 2.05) is 0 Å². The highest BCUT2D eigenvalue weighted by Crippen LogP contribution is 2.46. The van der Waals surface area contributed by atoms with E-state index < -0.39 is 0 Å². The molecular weight excluding hydrogens is 324 g/mol. The molecule has 1 fully saturated rings. The van der Waals surface area contributed by atoms with Crippen molar-refractivity contribution < 1.29 is 0 Å². The van der Waals surface area contributed by atoms with Crippen LogP contribution in [0.3, 0.4) is 0 Å². The SMILES string of the molecule is CC(C)(C)c1ccc2c(c1)-c1cc(C(C)(C)C)cc(C3CCCCC3)c1C2. The van der Waals surface area contributed by atoms with E-state index >= 15 is 0 Å². The van der Waals surface area contributed by atoms with Crippen molar-refractivity contribution in [3.8, 4) is 11.1 Å². The van der Waals surface area contributed by atoms with Crippen LogP contribution in [-0.2, 0) is 17.3 Å². The summed E-state index contributed by atoms with van der Waals surface area (Å²) in [5, 5.41) is 0. The van der Waals surface area contributed by atoms with Gasteiger partial charge in [0.2, 0.25) is 0 Å². The Balaban J connectivity index is 1.89. The third-order valence-electron chi connectivity index (χ3n) is 6.83. The lowest BCUT2D eigenvalue weighted by atomic mass is 9.77. The largest absolute Gasteiger partial charge is 0.0582 e. The van der Waals surface area contributed by atoms with Crippen molar-refractivity contribution in [2.75, 3.05) is 0 Å². The van der Waals surface area contributed by atoms with Gasteiger partial charge in [0.25, 0.3) is 0 Å². The molecule has 0 heteroatoms. The third-order valence-corrected chi connectivity index (χ3v) is 6.83. The first-order valence-electron chi connectivity index (χ1n) is 11.0. The maximum Gasteiger partial charge on any atom is -0.00106 e. The van der Waals surface area contributed by atoms with Gasteiger partial charge in [0.15, 0.2) is 0 Å². The fourth-order valence-corrected chi connectivity index (χ4v) is 4.98. The zero-order valence-electron chi connectivity index (χ0n) is 18.2. The molecule has 0 nitrogen and oxygen atoms in total. The van der Waals surface area contributed by atoms with E-state index in [0.29, 0.717) is 0 Å². The van der Waals surface area contributed by atoms with Crippen LogP contribution in [0.2, 0.25) is 0 Å². The van der Waals surface area contributed by atoms with E-state index in [1.54, 1.807) is 11.1 Å². The molecule has 0 bridgehead atoms. The number of fused-ring (bicyclic) bond motifs is 3. The van der Waals surface area contributed by atoms with E-state index in [2.05, 4.69) is 71.9 Å². The molecule has 0 heterocycles. The monoisotopic (exact) mass is 360 g/mol. The van der Waals surface area contributed by atoms with Crippen LogP contribution in [0, 0.1) is 0 Å². The Kier molecular flexibility index (Phi) is 4.53. The number of hydrogen-bond donors (Lipinski definition) is 0. The van der Waals surface area contributed by atoms with Gasteiger partial charge in [-0.25, -0.2) is 0 Å². The van der Waals surface area contributed by atoms with Crippen LogP contribution in [0.4, 0.5) is 0 Å². The molecule has 2 aliphatic carbocycles. The Bertz CT molecular complexity index is 849. The minimum atomic E-state index is 0.197. The zero-order valence-corrected chi connectivity index (χ0v) is 18.2. The molecule has 2 aromatic rings. The van der Waals surface area contributed by atoms with Crippen LogP contribution in [0.5, 0.6) is 0 Å². The third kappa shape index (κ3) is 3.48. The Labute approximate surface area is 166 Å². The summed E-state index contributed by atoms with van der Waals surface area (Å²) in [5.41, 5.74) is 11.2. The summed E-state index contributed by atoms with van der Waals surface area (Å²) in [7, 11) is 0. The Morgan fingerprint density at radius 1 is 0.704 bits per heavy atom. The van der Waals surface area contributed by atoms with E-state index in [9.17, 15) is 0 Å². The number of hydrogen-bond acceptors (Lipinski definition) is 0. The van der Waals surface area contributed by atoms with Crippen LogP contribution in [-0.4, -0.2) is 0 Å². The molecule has 0 aliphatic heterocycles. The van der Waals surface area contributed by atoms with Gasteiger partial charge in [-0.05, 0) is 75.0 Å². The number of benzene rings is 2. The summed E-state index contributed by atoms with van der Waals surface area (Å²) in [5.74, 6) is 0.770. The molecule has 0 saturated heterocycles. The highest BCUT2D eigenvalue weighted by Gasteiger charge is 2.29. The van der Waals surface area contributed by atoms with Crippen molar-refractivity contribution in [2.24, 2.45) is 0 Å². The Morgan fingerprint density at radius 3 is 1.96 bits per heavy atom. The van der Waals surface area contributed by atoms with Gasteiger partial charge in [0, 0.05) is 0 Å². The average Bonchev–Trinajstić information content (AvgIpc) is 2.98. The summed E-state index contributed by atoms with van der Waals surface area (Å²) in [6.07, 6.45) is 8.12. The quantitative estimate of drug-likeness (QED) is 0.413. The number of rotatable bonds is 1. The molecular formula is C27H36. The van der Waals surface area contributed by atoms with Crippen LogP contribution < -0.4 is 0 Å². The zero-order chi connectivity index (χ0) is 19.4. The predicted octanol–water partition coefficient (Wildman–Crippen LogP) is 7.90. The first-order chi connectivity index (χ1) is 12.6. The van der Waals surface area contributed by atoms with Gasteiger partial charge < -0.3 is 0 Å². The van der Waals surface area contributed by atoms with Crippen molar-refractivity contribution in [1.82, 2.24) is 0 Å². The van der Waals surface area contributed by atoms with Gasteiger partial charge >= 0.3 is 0 Å². The van der Waals surface area contributed by atoms with Crippen molar-refractivity contribution >= 4 is 0 Å². The minimum Gasteiger partial charge on any atom is -0.0582 e. The van der Waals surface area contributed by atoms with Crippen LogP contribution in [0.15, 0.2) is 30.3 Å². The fraction of sp³-hybridized carbons (Fsp3) is 0.556. The molecule has 27 heavy (non-hydrogen) atoms. The van der Waals surface area contributed by atoms with Crippen LogP contribution >= 0.6 is 0 Å². The summed E-state index contributed by atoms with van der Waals surface area (Å²) >= 11 is 0. The molecule has 144 valence electrons. The Hall–Kier alpha value is -1.56. The summed E-state index contributed by atoms with van der Waals surface area (Å²) in [4.78, 5) is 0. The van der Waals surface area contributed by atoms with Crippen molar-refractivity contribution in [3.05, 3.63) is 58.1 Å². The molecule has 0 N–H and O–H groups in total. The lowest BCUT2D eigenvalue weighted by Gasteiger charge is -2.28. The van der Waals surface area contributed by atoms with Gasteiger partial charge in [-0.3, -0.25) is 0 Å². The lowest BCUT2D eigenvalue weighted by molar-refractivity contribution is 0.441. The van der Waals surface area contributed by atoms with Gasteiger partial charge in [0.05, 0.1) is 0 Å². The van der Waals surface area contributed by atoms with E-state index in [1.165, 1.54) is 59.9 Å². The second-order valence-corrected chi connectivity index (χ2v) is 11.0. The molecule has 2 aromatic carbocycles. The van der Waals surface area contributed by atoms with Crippen molar-refractivity contribution in [2.45, 2.75) is 96.8 Å². The standard InChI is InChI=1S/C27H36/c1-26(2,3)20-13-12-19-14-24-22(18-10-8-7-9-11-18)16-21(27(4,5)6)17-25(24)23(19)15-20/h12-13,15-18H,7-11,14H2,1-6H3. The molecule has 0 aromatic heterocycles. The van der Waals surface area contributed by atoms with Crippen molar-refractivity contribution in [1.29, 1.82) is 0 Å². The highest BCUT2D eigenvalue weighted by atomic mass is 14.3. The molecule has 2 aliphatic rings. The molecule has 0 amide bonds. The lowest BCUT2D eigenvalue weighted by Crippen LogP contribution is -2.14. The van der Waals surface area contributed by atoms with E-state index in [4.69, 9.17) is 0 Å². The van der Waals surface area contributed by atoms with Crippen molar-refractivity contribution in [3.63, 3.8) is 0 Å². The summed E-state index contributed by atoms with van der Waals surface area (Å²) < 4.78 is 0. The molecule has 4 rings (SSSR count). The van der Waals surface area contributed by atoms with Gasteiger partial charge in [0.1, 0.15) is 0 Å². The van der Waals surface area contributed by atoms with E-state index in [-0.39, 0.29) is 10.8 Å². The fourth-order valence-electron chi connectivity index (χ4n) is 4.98. The maximum absolute atomic E-state index is 2.57. The Morgan fingerprint density at radius 2 is 1.33 bits per heavy atom. The highest BCUT2D eigenvalue weighted by molar-refractivity contribution is 5.80. The molecule has 0 radical (unpaired) electrons. The van der Waals surface area contributed by atoms with Gasteiger partial charge in [-0.1, -0.05) is 91.1 Å². The average molecular weight is 361 g/mol. The second kappa shape index (κ2) is 6.50. The van der Waals surface area contributed by atoms with Gasteiger partial charge in [-0.15, -0.1) is 0 Å². The first kappa shape index (κ1) is 18.8. The molecule has 0 atom stereocenters. The predicted molar refractivity (Wildman–Crippen MR) is 118 cm³/mol. The summed E-state index contributed by atoms with van der Waals surface area (Å²) in [6.45, 7) is 14.1. The van der Waals surface area contributed by atoms with Gasteiger partial charge in [-0.2, -0.15) is 0 Å². The normalized spacial score (nSPS) is 17.7. The smallest absolute Gasteiger partial charge is 0.00106 e. The summed E-state index contributed by atoms with van der Waals surface area (Å²) in [6, 6.07) is 12.3. The maximum atomic E-state index is 2.57. The topological polar surface area (TPSA) is 0 Å². The van der Waals surface area contributed by atoms with Crippen LogP contribution in [0.1, 0.15) is 107 Å².